The second-order valence-electron chi connectivity index (χ2n) is 5.94. The molecule has 0 atom stereocenters. The summed E-state index contributed by atoms with van der Waals surface area (Å²) in [6.07, 6.45) is 0. The molecule has 0 spiro atoms. The van der Waals surface area contributed by atoms with Gasteiger partial charge < -0.3 is 32.9 Å². The molecule has 1 heterocycles. The van der Waals surface area contributed by atoms with Crippen LogP contribution in [0.15, 0.2) is 0 Å². The van der Waals surface area contributed by atoms with Crippen LogP contribution < -0.4 is 112 Å². The molecule has 55 heavy (non-hydrogen) atoms. The van der Waals surface area contributed by atoms with Gasteiger partial charge in [0.15, 0.2) is 0 Å². The summed E-state index contributed by atoms with van der Waals surface area (Å²) in [6, 6.07) is 0. The zero-order valence-electron chi connectivity index (χ0n) is 26.8. The molecule has 30 nitrogen and oxygen atoms in total. The molecule has 0 radical (unpaired) electrons. The van der Waals surface area contributed by atoms with Gasteiger partial charge in [0.25, 0.3) is 0 Å². The van der Waals surface area contributed by atoms with Gasteiger partial charge in [-0.25, -0.2) is 112 Å². The predicted molar refractivity (Wildman–Crippen MR) is 133 cm³/mol. The first kappa shape index (κ1) is 93.3. The topological polar surface area (TPSA) is 751 Å². The van der Waals surface area contributed by atoms with Crippen molar-refractivity contribution in [3.05, 3.63) is 0 Å². The van der Waals surface area contributed by atoms with E-state index in [0.717, 1.165) is 0 Å². The van der Waals surface area contributed by atoms with Crippen LogP contribution in [-0.2, 0) is 53.3 Å². The minimum absolute atomic E-state index is 0. The molecule has 1 saturated heterocycles. The van der Waals surface area contributed by atoms with Gasteiger partial charge in [0.05, 0.1) is 0 Å². The minimum Gasteiger partial charge on any atom is -0.457 e. The summed E-state index contributed by atoms with van der Waals surface area (Å²) in [7, 11) is -29.7. The summed E-state index contributed by atoms with van der Waals surface area (Å²) in [5, 5.41) is 0. The van der Waals surface area contributed by atoms with Gasteiger partial charge in [-0.1, -0.05) is 0 Å². The molecule has 358 valence electrons. The maximum Gasteiger partial charge on any atom is 0.00238 e. The summed E-state index contributed by atoms with van der Waals surface area (Å²) in [5.74, 6) is 16.2. The Bertz CT molecular complexity index is 457. The number of halogens is 6. The molecule has 0 saturated carbocycles. The van der Waals surface area contributed by atoms with E-state index in [-0.39, 0.29) is 53.3 Å². The molecule has 0 aliphatic carbocycles. The van der Waals surface area contributed by atoms with Gasteiger partial charge in [0, 0.05) is 89.5 Å². The molecule has 1 fully saturated rings. The third-order valence-electron chi connectivity index (χ3n) is 2.23. The molecule has 1 aliphatic heterocycles. The first-order valence-electron chi connectivity index (χ1n) is 10.2. The van der Waals surface area contributed by atoms with Crippen molar-refractivity contribution in [2.24, 2.45) is 0 Å². The second-order valence-corrected chi connectivity index (χ2v) is 17.8. The molecule has 0 aromatic rings. The van der Waals surface area contributed by atoms with E-state index in [0.29, 0.717) is 0 Å². The van der Waals surface area contributed by atoms with Crippen molar-refractivity contribution in [2.45, 2.75) is 0 Å². The van der Waals surface area contributed by atoms with Gasteiger partial charge in [-0.2, -0.15) is 70.6 Å². The standard InChI is InChI=1S/C12H24S6.6ClHO4.6H2O.Pd/c1-2-14-5-6-16-9-10-18-12-11-17-8-7-15-4-3-13-1;6*2-1(3,4)5;;;;;;;/h1-12H2;6*(H,2,3,4,5);6*1H2;. The van der Waals surface area contributed by atoms with Crippen molar-refractivity contribution in [3.8, 4) is 0 Å². The minimum atomic E-state index is -4.94. The van der Waals surface area contributed by atoms with E-state index >= 15 is 0 Å². The first-order chi connectivity index (χ1) is 21.0. The van der Waals surface area contributed by atoms with E-state index < -0.39 is 61.5 Å². The van der Waals surface area contributed by atoms with E-state index in [9.17, 15) is 0 Å². The molecular weight excluding hydrogens is 1140 g/mol. The van der Waals surface area contributed by atoms with Crippen LogP contribution in [0.25, 0.3) is 0 Å². The Balaban J connectivity index is -0.0000000369. The van der Waals surface area contributed by atoms with E-state index in [4.69, 9.17) is 112 Å². The van der Waals surface area contributed by atoms with Gasteiger partial charge in [-0.15, -0.1) is 61.5 Å². The summed E-state index contributed by atoms with van der Waals surface area (Å²) in [6.45, 7) is 0. The van der Waals surface area contributed by atoms with E-state index in [1.807, 2.05) is 0 Å². The van der Waals surface area contributed by atoms with Crippen LogP contribution in [0.3, 0.4) is 0 Å². The number of hydrogen-bond donors (Lipinski definition) is 0. The fourth-order valence-electron chi connectivity index (χ4n) is 1.32. The molecule has 0 bridgehead atoms. The number of hydrogen-bond acceptors (Lipinski definition) is 30. The molecule has 0 aromatic heterocycles. The molecular formula is C12H42Cl6O30PdS6. The Morgan fingerprint density at radius 2 is 0.218 bits per heavy atom. The van der Waals surface area contributed by atoms with Crippen molar-refractivity contribution in [1.82, 2.24) is 0 Å². The maximum absolute atomic E-state index is 8.49. The quantitative estimate of drug-likeness (QED) is 0.160. The van der Waals surface area contributed by atoms with Crippen LogP contribution in [0.1, 0.15) is 0 Å². The van der Waals surface area contributed by atoms with Crippen LogP contribution in [0, 0.1) is 61.5 Å². The summed E-state index contributed by atoms with van der Waals surface area (Å²) in [5.41, 5.74) is 0. The van der Waals surface area contributed by atoms with Gasteiger partial charge in [-0.3, -0.25) is 0 Å². The normalized spacial score (nSPS) is 14.4. The smallest absolute Gasteiger partial charge is 0.00238 e. The first-order valence-corrected chi connectivity index (χ1v) is 24.5. The molecule has 0 unspecified atom stereocenters. The fourth-order valence-corrected chi connectivity index (χ4v) is 8.20. The molecule has 0 amide bonds. The van der Waals surface area contributed by atoms with Crippen LogP contribution in [0.5, 0.6) is 0 Å². The maximum atomic E-state index is 8.49. The average molecular weight is 1180 g/mol. The Morgan fingerprint density at radius 3 is 0.255 bits per heavy atom. The summed E-state index contributed by atoms with van der Waals surface area (Å²) >= 11 is 12.8. The summed E-state index contributed by atoms with van der Waals surface area (Å²) < 4.78 is 204. The summed E-state index contributed by atoms with van der Waals surface area (Å²) in [4.78, 5) is 0. The van der Waals surface area contributed by atoms with E-state index in [1.54, 1.807) is 0 Å². The third kappa shape index (κ3) is 386. The van der Waals surface area contributed by atoms with E-state index in [1.165, 1.54) is 69.0 Å². The van der Waals surface area contributed by atoms with Gasteiger partial charge in [0.1, 0.15) is 0 Å². The Labute approximate surface area is 363 Å². The monoisotopic (exact) mass is 1170 g/mol. The second kappa shape index (κ2) is 55.3. The van der Waals surface area contributed by atoms with Crippen molar-refractivity contribution < 1.29 is 227 Å². The third-order valence-corrected chi connectivity index (χ3v) is 9.70. The van der Waals surface area contributed by atoms with Crippen molar-refractivity contribution in [3.63, 3.8) is 0 Å². The van der Waals surface area contributed by atoms with Gasteiger partial charge in [-0.05, 0) is 0 Å². The molecule has 0 aromatic carbocycles. The Morgan fingerprint density at radius 1 is 0.182 bits per heavy atom. The van der Waals surface area contributed by atoms with Crippen LogP contribution >= 0.6 is 70.6 Å². The van der Waals surface area contributed by atoms with E-state index in [2.05, 4.69) is 70.6 Å². The van der Waals surface area contributed by atoms with Crippen molar-refractivity contribution in [2.75, 3.05) is 69.0 Å². The predicted octanol–water partition coefficient (Wildman–Crippen LogP) is -29.7. The van der Waals surface area contributed by atoms with Crippen LogP contribution in [-0.4, -0.2) is 69.0 Å². The zero-order valence-corrected chi connectivity index (χ0v) is 37.8. The Hall–Kier alpha value is 3.30. The molecule has 1 aliphatic rings. The number of thioether (sulfide) groups is 6. The SMILES string of the molecule is C1CSCCSCCSCCSCCSCCS1.[O-][Cl+3]([O-])([O-])[O-].[O-][Cl+3]([O-])([O-])[O-].[O-][Cl+3]([O-])([O-])[O-].[O-][Cl+3]([O-])([O-])[O-].[O-][Cl+3]([O-])([O-])[O-].[O-][Cl+3]([O-])([O-])[O-].[OH3+].[OH3+].[OH3+].[OH3+].[OH3+].[OH3+].[Pd]. The van der Waals surface area contributed by atoms with Crippen LogP contribution in [0.4, 0.5) is 0 Å². The fraction of sp³-hybridized carbons (Fsp3) is 1.00. The molecule has 18 N–H and O–H groups in total. The van der Waals surface area contributed by atoms with Gasteiger partial charge in [0.2, 0.25) is 0 Å². The van der Waals surface area contributed by atoms with Crippen molar-refractivity contribution >= 4 is 70.6 Å². The van der Waals surface area contributed by atoms with Crippen molar-refractivity contribution in [1.29, 1.82) is 0 Å². The Kier molecular flexibility index (Phi) is 93.8. The van der Waals surface area contributed by atoms with Gasteiger partial charge >= 0.3 is 0 Å². The average Bonchev–Trinajstić information content (AvgIpc) is 2.72. The molecule has 43 heteroatoms. The largest absolute Gasteiger partial charge is 0.457 e. The number of rotatable bonds is 0. The zero-order chi connectivity index (χ0) is 39.7. The van der Waals surface area contributed by atoms with Crippen LogP contribution in [0.2, 0.25) is 0 Å². The molecule has 1 rings (SSSR count).